The number of rotatable bonds is 7. The fraction of sp³-hybridized carbons (Fsp3) is 0.417. The zero-order valence-corrected chi connectivity index (χ0v) is 11.5. The molecule has 0 atom stereocenters. The molecule has 6 nitrogen and oxygen atoms in total. The molecule has 1 heterocycles. The summed E-state index contributed by atoms with van der Waals surface area (Å²) >= 11 is 5.85. The first-order valence-corrected chi connectivity index (χ1v) is 6.36. The van der Waals surface area contributed by atoms with Gasteiger partial charge in [-0.25, -0.2) is 4.68 Å². The lowest BCUT2D eigenvalue weighted by Crippen LogP contribution is -2.21. The van der Waals surface area contributed by atoms with Gasteiger partial charge < -0.3 is 10.1 Å². The second kappa shape index (κ2) is 7.18. The second-order valence-electron chi connectivity index (χ2n) is 4.05. The molecular weight excluding hydrogens is 266 g/mol. The molecule has 0 aliphatic rings. The van der Waals surface area contributed by atoms with Gasteiger partial charge in [0.1, 0.15) is 0 Å². The summed E-state index contributed by atoms with van der Waals surface area (Å²) in [5.41, 5.74) is 1.11. The Bertz CT molecular complexity index is 499. The average Bonchev–Trinajstić information content (AvgIpc) is 2.85. The van der Waals surface area contributed by atoms with Gasteiger partial charge in [-0.05, 0) is 28.1 Å². The van der Waals surface area contributed by atoms with Crippen molar-refractivity contribution in [3.05, 3.63) is 40.7 Å². The number of ether oxygens (including phenoxy) is 1. The molecule has 0 saturated carbocycles. The number of tetrazole rings is 1. The summed E-state index contributed by atoms with van der Waals surface area (Å²) < 4.78 is 6.73. The van der Waals surface area contributed by atoms with Crippen LogP contribution in [0, 0.1) is 0 Å². The van der Waals surface area contributed by atoms with Crippen molar-refractivity contribution in [1.29, 1.82) is 0 Å². The number of benzene rings is 1. The molecule has 102 valence electrons. The number of nitrogens with one attached hydrogen (secondary N) is 1. The predicted molar refractivity (Wildman–Crippen MR) is 72.0 cm³/mol. The Kier molecular flexibility index (Phi) is 5.26. The summed E-state index contributed by atoms with van der Waals surface area (Å²) in [5, 5.41) is 15.6. The SMILES string of the molecule is COCCNCc1nnnn1Cc1ccc(Cl)cc1. The molecule has 0 aliphatic carbocycles. The summed E-state index contributed by atoms with van der Waals surface area (Å²) in [4.78, 5) is 0. The van der Waals surface area contributed by atoms with E-state index in [9.17, 15) is 0 Å². The second-order valence-corrected chi connectivity index (χ2v) is 4.49. The number of aromatic nitrogens is 4. The molecule has 1 aromatic carbocycles. The average molecular weight is 282 g/mol. The topological polar surface area (TPSA) is 64.9 Å². The molecule has 7 heteroatoms. The van der Waals surface area contributed by atoms with E-state index in [4.69, 9.17) is 16.3 Å². The van der Waals surface area contributed by atoms with Crippen LogP contribution in [0.1, 0.15) is 11.4 Å². The molecule has 0 unspecified atom stereocenters. The van der Waals surface area contributed by atoms with Crippen LogP contribution in [0.5, 0.6) is 0 Å². The molecule has 19 heavy (non-hydrogen) atoms. The highest BCUT2D eigenvalue weighted by atomic mass is 35.5. The van der Waals surface area contributed by atoms with Crippen molar-refractivity contribution in [1.82, 2.24) is 25.5 Å². The van der Waals surface area contributed by atoms with Gasteiger partial charge in [0.15, 0.2) is 5.82 Å². The van der Waals surface area contributed by atoms with Crippen molar-refractivity contribution in [3.63, 3.8) is 0 Å². The van der Waals surface area contributed by atoms with Gasteiger partial charge in [-0.2, -0.15) is 0 Å². The van der Waals surface area contributed by atoms with Crippen molar-refractivity contribution in [2.24, 2.45) is 0 Å². The van der Waals surface area contributed by atoms with Crippen molar-refractivity contribution < 1.29 is 4.74 Å². The Morgan fingerprint density at radius 1 is 1.32 bits per heavy atom. The van der Waals surface area contributed by atoms with Gasteiger partial charge in [0.05, 0.1) is 19.7 Å². The normalized spacial score (nSPS) is 10.8. The monoisotopic (exact) mass is 281 g/mol. The molecule has 0 amide bonds. The fourth-order valence-corrected chi connectivity index (χ4v) is 1.74. The quantitative estimate of drug-likeness (QED) is 0.770. The first-order valence-electron chi connectivity index (χ1n) is 5.98. The van der Waals surface area contributed by atoms with E-state index in [1.165, 1.54) is 0 Å². The third-order valence-electron chi connectivity index (χ3n) is 2.62. The Morgan fingerprint density at radius 3 is 2.84 bits per heavy atom. The standard InChI is InChI=1S/C12H16ClN5O/c1-19-7-6-14-8-12-15-16-17-18(12)9-10-2-4-11(13)5-3-10/h2-5,14H,6-9H2,1H3. The maximum Gasteiger partial charge on any atom is 0.165 e. The molecule has 0 fully saturated rings. The minimum absolute atomic E-state index is 0.615. The maximum atomic E-state index is 5.85. The van der Waals surface area contributed by atoms with Crippen molar-refractivity contribution in [2.45, 2.75) is 13.1 Å². The maximum absolute atomic E-state index is 5.85. The molecule has 2 aromatic rings. The van der Waals surface area contributed by atoms with E-state index in [1.807, 2.05) is 24.3 Å². The number of methoxy groups -OCH3 is 1. The number of halogens is 1. The van der Waals surface area contributed by atoms with Gasteiger partial charge in [-0.15, -0.1) is 5.10 Å². The minimum atomic E-state index is 0.615. The highest BCUT2D eigenvalue weighted by Gasteiger charge is 2.06. The molecule has 0 saturated heterocycles. The highest BCUT2D eigenvalue weighted by Crippen LogP contribution is 2.10. The van der Waals surface area contributed by atoms with Gasteiger partial charge in [0.25, 0.3) is 0 Å². The number of hydrogen-bond donors (Lipinski definition) is 1. The molecule has 1 aromatic heterocycles. The summed E-state index contributed by atoms with van der Waals surface area (Å²) in [7, 11) is 1.67. The highest BCUT2D eigenvalue weighted by molar-refractivity contribution is 6.30. The molecule has 2 rings (SSSR count). The molecule has 1 N–H and O–H groups in total. The van der Waals surface area contributed by atoms with E-state index in [1.54, 1.807) is 11.8 Å². The lowest BCUT2D eigenvalue weighted by Gasteiger charge is -2.06. The molecule has 0 bridgehead atoms. The first-order chi connectivity index (χ1) is 9.29. The van der Waals surface area contributed by atoms with Gasteiger partial charge >= 0.3 is 0 Å². The molecule has 0 spiro atoms. The van der Waals surface area contributed by atoms with E-state index in [-0.39, 0.29) is 0 Å². The van der Waals surface area contributed by atoms with E-state index < -0.39 is 0 Å². The van der Waals surface area contributed by atoms with Crippen LogP contribution in [0.2, 0.25) is 5.02 Å². The van der Waals surface area contributed by atoms with Crippen molar-refractivity contribution >= 4 is 11.6 Å². The summed E-state index contributed by atoms with van der Waals surface area (Å²) in [6.07, 6.45) is 0. The van der Waals surface area contributed by atoms with Gasteiger partial charge in [-0.3, -0.25) is 0 Å². The molecule has 0 aliphatic heterocycles. The lowest BCUT2D eigenvalue weighted by atomic mass is 10.2. The smallest absolute Gasteiger partial charge is 0.165 e. The summed E-state index contributed by atoms with van der Waals surface area (Å²) in [6, 6.07) is 7.65. The minimum Gasteiger partial charge on any atom is -0.383 e. The lowest BCUT2D eigenvalue weighted by molar-refractivity contribution is 0.198. The van der Waals surface area contributed by atoms with Gasteiger partial charge in [0.2, 0.25) is 0 Å². The molecular formula is C12H16ClN5O. The van der Waals surface area contributed by atoms with E-state index >= 15 is 0 Å². The largest absolute Gasteiger partial charge is 0.383 e. The molecule has 0 radical (unpaired) electrons. The van der Waals surface area contributed by atoms with Crippen LogP contribution < -0.4 is 5.32 Å². The van der Waals surface area contributed by atoms with E-state index in [0.717, 1.165) is 23.0 Å². The van der Waals surface area contributed by atoms with Crippen molar-refractivity contribution in [2.75, 3.05) is 20.3 Å². The van der Waals surface area contributed by atoms with Gasteiger partial charge in [-0.1, -0.05) is 23.7 Å². The fourth-order valence-electron chi connectivity index (χ4n) is 1.61. The zero-order valence-electron chi connectivity index (χ0n) is 10.7. The van der Waals surface area contributed by atoms with E-state index in [2.05, 4.69) is 20.8 Å². The Morgan fingerprint density at radius 2 is 2.11 bits per heavy atom. The summed E-state index contributed by atoms with van der Waals surface area (Å²) in [5.74, 6) is 0.797. The van der Waals surface area contributed by atoms with Crippen LogP contribution in [-0.4, -0.2) is 40.5 Å². The third kappa shape index (κ3) is 4.27. The van der Waals surface area contributed by atoms with Crippen LogP contribution in [-0.2, 0) is 17.8 Å². The third-order valence-corrected chi connectivity index (χ3v) is 2.87. The van der Waals surface area contributed by atoms with Crippen LogP contribution in [0.3, 0.4) is 0 Å². The summed E-state index contributed by atoms with van der Waals surface area (Å²) in [6.45, 7) is 2.68. The van der Waals surface area contributed by atoms with Crippen LogP contribution >= 0.6 is 11.6 Å². The zero-order chi connectivity index (χ0) is 13.5. The van der Waals surface area contributed by atoms with E-state index in [0.29, 0.717) is 19.7 Å². The predicted octanol–water partition coefficient (Wildman–Crippen LogP) is 1.11. The van der Waals surface area contributed by atoms with Crippen LogP contribution in [0.25, 0.3) is 0 Å². The van der Waals surface area contributed by atoms with Crippen LogP contribution in [0.15, 0.2) is 24.3 Å². The van der Waals surface area contributed by atoms with Crippen molar-refractivity contribution in [3.8, 4) is 0 Å². The van der Waals surface area contributed by atoms with Crippen LogP contribution in [0.4, 0.5) is 0 Å². The van der Waals surface area contributed by atoms with Gasteiger partial charge in [0, 0.05) is 18.7 Å². The number of hydrogen-bond acceptors (Lipinski definition) is 5. The first kappa shape index (κ1) is 13.9. The Balaban J connectivity index is 1.93. The Labute approximate surface area is 116 Å². The number of nitrogens with zero attached hydrogens (tertiary/aromatic N) is 4. The Hall–Kier alpha value is -1.50.